The van der Waals surface area contributed by atoms with E-state index in [-0.39, 0.29) is 17.2 Å². The number of carboxylic acids is 1. The third kappa shape index (κ3) is 5.91. The summed E-state index contributed by atoms with van der Waals surface area (Å²) in [5, 5.41) is 21.1. The average Bonchev–Trinajstić information content (AvgIpc) is 2.30. The lowest BCUT2D eigenvalue weighted by Crippen LogP contribution is -2.44. The number of aliphatic carboxylic acids is 1. The van der Waals surface area contributed by atoms with Crippen molar-refractivity contribution < 1.29 is 24.5 Å². The molecule has 116 valence electrons. The Morgan fingerprint density at radius 1 is 1.38 bits per heavy atom. The number of carbonyl (C=O) groups is 2. The summed E-state index contributed by atoms with van der Waals surface area (Å²) in [5.74, 6) is -1.34. The molecule has 0 heterocycles. The highest BCUT2D eigenvalue weighted by atomic mass is 35.5. The van der Waals surface area contributed by atoms with Crippen molar-refractivity contribution in [3.8, 4) is 5.75 Å². The van der Waals surface area contributed by atoms with Crippen LogP contribution in [0.5, 0.6) is 5.75 Å². The number of carboxylic acid groups (broad SMARTS) is 1. The highest BCUT2D eigenvalue weighted by Gasteiger charge is 2.24. The number of nitrogens with one attached hydrogen (secondary N) is 1. The summed E-state index contributed by atoms with van der Waals surface area (Å²) in [7, 11) is 0. The molecular formula is C14H18ClNO5. The van der Waals surface area contributed by atoms with Crippen LogP contribution in [-0.4, -0.2) is 33.9 Å². The van der Waals surface area contributed by atoms with Crippen LogP contribution in [-0.2, 0) is 16.0 Å². The molecule has 0 fully saturated rings. The Morgan fingerprint density at radius 2 is 2.00 bits per heavy atom. The van der Waals surface area contributed by atoms with Crippen LogP contribution >= 0.6 is 11.6 Å². The number of phenolic OH excluding ortho intramolecular Hbond substituents is 1. The van der Waals surface area contributed by atoms with Crippen molar-refractivity contribution in [2.24, 2.45) is 0 Å². The van der Waals surface area contributed by atoms with E-state index >= 15 is 0 Å². The first-order valence-electron chi connectivity index (χ1n) is 6.28. The molecular weight excluding hydrogens is 298 g/mol. The largest absolute Gasteiger partial charge is 0.506 e. The lowest BCUT2D eigenvalue weighted by molar-refractivity contribution is -0.139. The minimum atomic E-state index is -1.20. The lowest BCUT2D eigenvalue weighted by Gasteiger charge is -2.22. The Morgan fingerprint density at radius 3 is 2.48 bits per heavy atom. The Kier molecular flexibility index (Phi) is 5.43. The number of rotatable bonds is 4. The number of alkyl carbamates (subject to hydrolysis) is 1. The maximum atomic E-state index is 11.6. The zero-order valence-corrected chi connectivity index (χ0v) is 12.8. The molecule has 0 radical (unpaired) electrons. The van der Waals surface area contributed by atoms with Crippen LogP contribution in [0.1, 0.15) is 26.3 Å². The summed E-state index contributed by atoms with van der Waals surface area (Å²) in [5.41, 5.74) is -0.188. The van der Waals surface area contributed by atoms with Crippen LogP contribution in [0.3, 0.4) is 0 Å². The molecule has 0 saturated heterocycles. The second kappa shape index (κ2) is 6.67. The smallest absolute Gasteiger partial charge is 0.408 e. The maximum absolute atomic E-state index is 11.6. The van der Waals surface area contributed by atoms with Gasteiger partial charge in [0.05, 0.1) is 5.02 Å². The SMILES string of the molecule is CC(C)(C)OC(=O)N[C@@H](Cc1ccc(Cl)c(O)c1)C(=O)O. The van der Waals surface area contributed by atoms with Crippen molar-refractivity contribution in [1.82, 2.24) is 5.32 Å². The summed E-state index contributed by atoms with van der Waals surface area (Å²) in [4.78, 5) is 22.8. The third-order valence-corrected chi connectivity index (χ3v) is 2.76. The number of hydrogen-bond donors (Lipinski definition) is 3. The minimum Gasteiger partial charge on any atom is -0.506 e. The Balaban J connectivity index is 2.76. The Labute approximate surface area is 127 Å². The average molecular weight is 316 g/mol. The molecule has 0 aromatic heterocycles. The van der Waals surface area contributed by atoms with Gasteiger partial charge in [0.2, 0.25) is 0 Å². The van der Waals surface area contributed by atoms with Crippen molar-refractivity contribution in [2.45, 2.75) is 38.8 Å². The van der Waals surface area contributed by atoms with Gasteiger partial charge in [0.25, 0.3) is 0 Å². The molecule has 0 spiro atoms. The zero-order chi connectivity index (χ0) is 16.2. The van der Waals surface area contributed by atoms with Crippen LogP contribution in [0.4, 0.5) is 4.79 Å². The van der Waals surface area contributed by atoms with Crippen LogP contribution in [0.15, 0.2) is 18.2 Å². The van der Waals surface area contributed by atoms with Crippen molar-refractivity contribution in [2.75, 3.05) is 0 Å². The predicted octanol–water partition coefficient (Wildman–Crippen LogP) is 2.57. The molecule has 0 saturated carbocycles. The summed E-state index contributed by atoms with van der Waals surface area (Å²) >= 11 is 5.68. The predicted molar refractivity (Wildman–Crippen MR) is 77.6 cm³/mol. The fourth-order valence-corrected chi connectivity index (χ4v) is 1.69. The van der Waals surface area contributed by atoms with Gasteiger partial charge in [-0.25, -0.2) is 9.59 Å². The van der Waals surface area contributed by atoms with Gasteiger partial charge in [0, 0.05) is 6.42 Å². The topological polar surface area (TPSA) is 95.9 Å². The second-order valence-electron chi connectivity index (χ2n) is 5.53. The normalized spacial score (nSPS) is 12.6. The number of carbonyl (C=O) groups excluding carboxylic acids is 1. The molecule has 0 aliphatic carbocycles. The standard InChI is InChI=1S/C14H18ClNO5/c1-14(2,3)21-13(20)16-10(12(18)19)6-8-4-5-9(15)11(17)7-8/h4-5,7,10,17H,6H2,1-3H3,(H,16,20)(H,18,19)/t10-/m0/s1. The van der Waals surface area contributed by atoms with E-state index in [1.54, 1.807) is 26.8 Å². The van der Waals surface area contributed by atoms with E-state index in [0.29, 0.717) is 5.56 Å². The first kappa shape index (κ1) is 17.1. The van der Waals surface area contributed by atoms with Gasteiger partial charge in [0.15, 0.2) is 0 Å². The summed E-state index contributed by atoms with van der Waals surface area (Å²) in [6.45, 7) is 5.04. The van der Waals surface area contributed by atoms with E-state index in [1.165, 1.54) is 12.1 Å². The van der Waals surface area contributed by atoms with E-state index in [9.17, 15) is 14.7 Å². The quantitative estimate of drug-likeness (QED) is 0.793. The number of amides is 1. The highest BCUT2D eigenvalue weighted by Crippen LogP contribution is 2.24. The van der Waals surface area contributed by atoms with Gasteiger partial charge in [0.1, 0.15) is 17.4 Å². The van der Waals surface area contributed by atoms with Gasteiger partial charge >= 0.3 is 12.1 Å². The van der Waals surface area contributed by atoms with Crippen molar-refractivity contribution >= 4 is 23.7 Å². The molecule has 1 amide bonds. The number of aromatic hydroxyl groups is 1. The first-order chi connectivity index (χ1) is 9.58. The Bertz CT molecular complexity index is 539. The highest BCUT2D eigenvalue weighted by molar-refractivity contribution is 6.32. The fraction of sp³-hybridized carbons (Fsp3) is 0.429. The van der Waals surface area contributed by atoms with E-state index in [4.69, 9.17) is 21.4 Å². The molecule has 7 heteroatoms. The fourth-order valence-electron chi connectivity index (χ4n) is 1.57. The van der Waals surface area contributed by atoms with Crippen molar-refractivity contribution in [1.29, 1.82) is 0 Å². The summed E-state index contributed by atoms with van der Waals surface area (Å²) < 4.78 is 5.02. The van der Waals surface area contributed by atoms with Crippen molar-refractivity contribution in [3.05, 3.63) is 28.8 Å². The third-order valence-electron chi connectivity index (χ3n) is 2.44. The molecule has 0 aliphatic rings. The van der Waals surface area contributed by atoms with Crippen LogP contribution < -0.4 is 5.32 Å². The molecule has 1 rings (SSSR count). The summed E-state index contributed by atoms with van der Waals surface area (Å²) in [6, 6.07) is 3.23. The second-order valence-corrected chi connectivity index (χ2v) is 5.93. The van der Waals surface area contributed by atoms with E-state index < -0.39 is 23.7 Å². The van der Waals surface area contributed by atoms with E-state index in [1.807, 2.05) is 0 Å². The van der Waals surface area contributed by atoms with Crippen LogP contribution in [0, 0.1) is 0 Å². The molecule has 0 aliphatic heterocycles. The molecule has 0 unspecified atom stereocenters. The molecule has 1 atom stereocenters. The summed E-state index contributed by atoms with van der Waals surface area (Å²) in [6.07, 6.45) is -0.813. The number of benzene rings is 1. The molecule has 6 nitrogen and oxygen atoms in total. The lowest BCUT2D eigenvalue weighted by atomic mass is 10.1. The van der Waals surface area contributed by atoms with Gasteiger partial charge in [-0.05, 0) is 38.5 Å². The molecule has 21 heavy (non-hydrogen) atoms. The number of phenols is 1. The molecule has 3 N–H and O–H groups in total. The van der Waals surface area contributed by atoms with Gasteiger partial charge in [-0.15, -0.1) is 0 Å². The maximum Gasteiger partial charge on any atom is 0.408 e. The number of ether oxygens (including phenoxy) is 1. The monoisotopic (exact) mass is 315 g/mol. The molecule has 1 aromatic carbocycles. The zero-order valence-electron chi connectivity index (χ0n) is 12.0. The Hall–Kier alpha value is -1.95. The van der Waals surface area contributed by atoms with Crippen LogP contribution in [0.25, 0.3) is 0 Å². The van der Waals surface area contributed by atoms with Crippen LogP contribution in [0.2, 0.25) is 5.02 Å². The van der Waals surface area contributed by atoms with Gasteiger partial charge in [-0.2, -0.15) is 0 Å². The number of hydrogen-bond acceptors (Lipinski definition) is 4. The van der Waals surface area contributed by atoms with Gasteiger partial charge < -0.3 is 20.3 Å². The van der Waals surface area contributed by atoms with Crippen molar-refractivity contribution in [3.63, 3.8) is 0 Å². The van der Waals surface area contributed by atoms with Gasteiger partial charge in [-0.1, -0.05) is 17.7 Å². The minimum absolute atomic E-state index is 0.000689. The molecule has 0 bridgehead atoms. The molecule has 1 aromatic rings. The van der Waals surface area contributed by atoms with E-state index in [0.717, 1.165) is 0 Å². The first-order valence-corrected chi connectivity index (χ1v) is 6.66. The number of halogens is 1. The van der Waals surface area contributed by atoms with E-state index in [2.05, 4.69) is 5.32 Å². The van der Waals surface area contributed by atoms with Gasteiger partial charge in [-0.3, -0.25) is 0 Å².